The van der Waals surface area contributed by atoms with Gasteiger partial charge in [0.15, 0.2) is 0 Å². The SMILES string of the molecule is Cc1csc(C(C)NC(C)c2ccc(F)cc2Br)n1. The van der Waals surface area contributed by atoms with Crippen molar-refractivity contribution in [2.24, 2.45) is 0 Å². The Morgan fingerprint density at radius 1 is 1.32 bits per heavy atom. The topological polar surface area (TPSA) is 24.9 Å². The van der Waals surface area contributed by atoms with Gasteiger partial charge in [-0.15, -0.1) is 11.3 Å². The molecular formula is C14H16BrFN2S. The first kappa shape index (κ1) is 14.6. The smallest absolute Gasteiger partial charge is 0.124 e. The van der Waals surface area contributed by atoms with Gasteiger partial charge in [0.05, 0.1) is 6.04 Å². The summed E-state index contributed by atoms with van der Waals surface area (Å²) in [6.45, 7) is 6.15. The average molecular weight is 343 g/mol. The molecule has 0 radical (unpaired) electrons. The summed E-state index contributed by atoms with van der Waals surface area (Å²) in [4.78, 5) is 4.48. The van der Waals surface area contributed by atoms with Gasteiger partial charge in [0.2, 0.25) is 0 Å². The highest BCUT2D eigenvalue weighted by atomic mass is 79.9. The lowest BCUT2D eigenvalue weighted by Gasteiger charge is -2.20. The van der Waals surface area contributed by atoms with Crippen molar-refractivity contribution in [2.75, 3.05) is 0 Å². The number of benzene rings is 1. The minimum absolute atomic E-state index is 0.120. The van der Waals surface area contributed by atoms with Gasteiger partial charge in [-0.2, -0.15) is 0 Å². The van der Waals surface area contributed by atoms with E-state index in [9.17, 15) is 4.39 Å². The van der Waals surface area contributed by atoms with Crippen LogP contribution in [0.15, 0.2) is 28.1 Å². The second-order valence-electron chi connectivity index (χ2n) is 4.60. The van der Waals surface area contributed by atoms with Gasteiger partial charge < -0.3 is 5.32 Å². The monoisotopic (exact) mass is 342 g/mol. The molecule has 0 spiro atoms. The van der Waals surface area contributed by atoms with E-state index in [0.717, 1.165) is 20.7 Å². The van der Waals surface area contributed by atoms with Crippen molar-refractivity contribution >= 4 is 27.3 Å². The highest BCUT2D eigenvalue weighted by Gasteiger charge is 2.15. The summed E-state index contributed by atoms with van der Waals surface area (Å²) < 4.78 is 13.9. The molecule has 0 aliphatic heterocycles. The lowest BCUT2D eigenvalue weighted by Crippen LogP contribution is -2.22. The van der Waals surface area contributed by atoms with Crippen LogP contribution < -0.4 is 5.32 Å². The maximum atomic E-state index is 13.1. The van der Waals surface area contributed by atoms with Gasteiger partial charge in [-0.3, -0.25) is 0 Å². The van der Waals surface area contributed by atoms with Crippen LogP contribution in [0, 0.1) is 12.7 Å². The van der Waals surface area contributed by atoms with Crippen LogP contribution in [0.4, 0.5) is 4.39 Å². The van der Waals surface area contributed by atoms with Crippen molar-refractivity contribution in [3.05, 3.63) is 50.1 Å². The predicted molar refractivity (Wildman–Crippen MR) is 80.9 cm³/mol. The van der Waals surface area contributed by atoms with Crippen molar-refractivity contribution < 1.29 is 4.39 Å². The summed E-state index contributed by atoms with van der Waals surface area (Å²) in [6, 6.07) is 5.07. The normalized spacial score (nSPS) is 14.4. The number of rotatable bonds is 4. The molecule has 0 saturated carbocycles. The highest BCUT2D eigenvalue weighted by molar-refractivity contribution is 9.10. The third-order valence-corrected chi connectivity index (χ3v) is 4.77. The number of hydrogen-bond donors (Lipinski definition) is 1. The molecule has 2 aromatic rings. The molecule has 2 unspecified atom stereocenters. The van der Waals surface area contributed by atoms with Crippen molar-refractivity contribution in [3.8, 4) is 0 Å². The molecule has 5 heteroatoms. The molecule has 19 heavy (non-hydrogen) atoms. The molecule has 0 saturated heterocycles. The highest BCUT2D eigenvalue weighted by Crippen LogP contribution is 2.27. The number of halogens is 2. The van der Waals surface area contributed by atoms with E-state index in [1.54, 1.807) is 17.4 Å². The molecule has 0 bridgehead atoms. The fraction of sp³-hybridized carbons (Fsp3) is 0.357. The van der Waals surface area contributed by atoms with E-state index >= 15 is 0 Å². The molecule has 1 aromatic carbocycles. The van der Waals surface area contributed by atoms with Crippen LogP contribution in [-0.2, 0) is 0 Å². The number of aryl methyl sites for hydroxylation is 1. The lowest BCUT2D eigenvalue weighted by atomic mass is 10.1. The Balaban J connectivity index is 2.10. The zero-order valence-electron chi connectivity index (χ0n) is 11.1. The zero-order valence-corrected chi connectivity index (χ0v) is 13.5. The maximum absolute atomic E-state index is 13.1. The third-order valence-electron chi connectivity index (χ3n) is 2.94. The fourth-order valence-electron chi connectivity index (χ4n) is 1.96. The molecule has 1 aromatic heterocycles. The Morgan fingerprint density at radius 2 is 2.05 bits per heavy atom. The summed E-state index contributed by atoms with van der Waals surface area (Å²) in [5, 5.41) is 6.60. The lowest BCUT2D eigenvalue weighted by molar-refractivity contribution is 0.490. The first-order valence-corrected chi connectivity index (χ1v) is 7.77. The maximum Gasteiger partial charge on any atom is 0.124 e. The number of nitrogens with one attached hydrogen (secondary N) is 1. The molecule has 1 N–H and O–H groups in total. The van der Waals surface area contributed by atoms with Gasteiger partial charge in [-0.05, 0) is 38.5 Å². The summed E-state index contributed by atoms with van der Waals surface area (Å²) in [5.41, 5.74) is 2.09. The van der Waals surface area contributed by atoms with E-state index in [2.05, 4.69) is 40.1 Å². The molecular weight excluding hydrogens is 327 g/mol. The summed E-state index contributed by atoms with van der Waals surface area (Å²) >= 11 is 5.06. The van der Waals surface area contributed by atoms with Crippen molar-refractivity contribution in [1.29, 1.82) is 0 Å². The standard InChI is InChI=1S/C14H16BrFN2S/c1-8-7-19-14(17-8)10(3)18-9(2)12-5-4-11(16)6-13(12)15/h4-7,9-10,18H,1-3H3. The largest absolute Gasteiger partial charge is 0.301 e. The Labute approximate surface area is 125 Å². The number of nitrogens with zero attached hydrogens (tertiary/aromatic N) is 1. The Kier molecular flexibility index (Phi) is 4.71. The van der Waals surface area contributed by atoms with Crippen molar-refractivity contribution in [2.45, 2.75) is 32.9 Å². The molecule has 0 aliphatic carbocycles. The van der Waals surface area contributed by atoms with E-state index in [1.165, 1.54) is 12.1 Å². The summed E-state index contributed by atoms with van der Waals surface area (Å²) in [7, 11) is 0. The van der Waals surface area contributed by atoms with E-state index in [-0.39, 0.29) is 17.9 Å². The van der Waals surface area contributed by atoms with Crippen LogP contribution in [0.25, 0.3) is 0 Å². The minimum atomic E-state index is -0.230. The molecule has 2 nitrogen and oxygen atoms in total. The molecule has 102 valence electrons. The van der Waals surface area contributed by atoms with Gasteiger partial charge in [0, 0.05) is 21.6 Å². The second kappa shape index (κ2) is 6.11. The molecule has 2 atom stereocenters. The number of hydrogen-bond acceptors (Lipinski definition) is 3. The Morgan fingerprint density at radius 3 is 2.63 bits per heavy atom. The first-order chi connectivity index (χ1) is 8.97. The Hall–Kier alpha value is -0.780. The predicted octanol–water partition coefficient (Wildman–Crippen LogP) is 4.76. The van der Waals surface area contributed by atoms with Crippen molar-refractivity contribution in [1.82, 2.24) is 10.3 Å². The van der Waals surface area contributed by atoms with Gasteiger partial charge in [0.25, 0.3) is 0 Å². The molecule has 0 fully saturated rings. The van der Waals surface area contributed by atoms with E-state index in [0.29, 0.717) is 0 Å². The quantitative estimate of drug-likeness (QED) is 0.865. The molecule has 0 aliphatic rings. The zero-order chi connectivity index (χ0) is 14.0. The van der Waals surface area contributed by atoms with Gasteiger partial charge >= 0.3 is 0 Å². The third kappa shape index (κ3) is 3.61. The number of thiazole rings is 1. The first-order valence-electron chi connectivity index (χ1n) is 6.10. The van der Waals surface area contributed by atoms with Crippen LogP contribution in [0.2, 0.25) is 0 Å². The minimum Gasteiger partial charge on any atom is -0.301 e. The summed E-state index contributed by atoms with van der Waals surface area (Å²) in [6.07, 6.45) is 0. The average Bonchev–Trinajstić information content (AvgIpc) is 2.75. The fourth-order valence-corrected chi connectivity index (χ4v) is 3.47. The molecule has 2 rings (SSSR count). The van der Waals surface area contributed by atoms with Crippen LogP contribution in [0.1, 0.15) is 42.2 Å². The van der Waals surface area contributed by atoms with Crippen LogP contribution >= 0.6 is 27.3 Å². The van der Waals surface area contributed by atoms with E-state index < -0.39 is 0 Å². The van der Waals surface area contributed by atoms with E-state index in [1.807, 2.05) is 12.3 Å². The second-order valence-corrected chi connectivity index (χ2v) is 6.35. The van der Waals surface area contributed by atoms with Crippen LogP contribution in [-0.4, -0.2) is 4.98 Å². The number of aromatic nitrogens is 1. The van der Waals surface area contributed by atoms with Crippen molar-refractivity contribution in [3.63, 3.8) is 0 Å². The van der Waals surface area contributed by atoms with Gasteiger partial charge in [-0.1, -0.05) is 22.0 Å². The van der Waals surface area contributed by atoms with Gasteiger partial charge in [0.1, 0.15) is 10.8 Å². The summed E-state index contributed by atoms with van der Waals surface area (Å²) in [5.74, 6) is -0.230. The van der Waals surface area contributed by atoms with Crippen LogP contribution in [0.3, 0.4) is 0 Å². The Bertz CT molecular complexity index is 570. The molecule has 1 heterocycles. The van der Waals surface area contributed by atoms with Crippen LogP contribution in [0.5, 0.6) is 0 Å². The van der Waals surface area contributed by atoms with Gasteiger partial charge in [-0.25, -0.2) is 9.37 Å². The van der Waals surface area contributed by atoms with E-state index in [4.69, 9.17) is 0 Å². The molecule has 0 amide bonds.